The normalized spacial score (nSPS) is 26.1. The molecule has 1 fully saturated rings. The fourth-order valence-electron chi connectivity index (χ4n) is 3.06. The standard InChI is InChI=1S/C22H36O5Si/c1-16-19(25-14-17-11-9-8-10-12-17)13-18(27-20(16)21(23)24-5)15-26-28(6,7)22(2,3)4/h8-12,16,18-20H,13-15H2,1-7H3/t16-,18-,19+,20+/m1/s1. The third kappa shape index (κ3) is 5.89. The summed E-state index contributed by atoms with van der Waals surface area (Å²) in [6, 6.07) is 10.1. The second-order valence-electron chi connectivity index (χ2n) is 9.20. The number of benzene rings is 1. The van der Waals surface area contributed by atoms with Crippen LogP contribution in [0.25, 0.3) is 0 Å². The molecule has 5 nitrogen and oxygen atoms in total. The molecule has 28 heavy (non-hydrogen) atoms. The van der Waals surface area contributed by atoms with Gasteiger partial charge in [0.15, 0.2) is 14.4 Å². The van der Waals surface area contributed by atoms with Crippen molar-refractivity contribution in [1.82, 2.24) is 0 Å². The minimum atomic E-state index is -1.89. The molecule has 4 atom stereocenters. The van der Waals surface area contributed by atoms with Gasteiger partial charge in [0.1, 0.15) is 0 Å². The Morgan fingerprint density at radius 1 is 1.21 bits per heavy atom. The lowest BCUT2D eigenvalue weighted by molar-refractivity contribution is -0.190. The Morgan fingerprint density at radius 2 is 1.86 bits per heavy atom. The number of methoxy groups -OCH3 is 1. The van der Waals surface area contributed by atoms with E-state index < -0.39 is 14.4 Å². The Balaban J connectivity index is 2.06. The number of carbonyl (C=O) groups is 1. The maximum atomic E-state index is 12.3. The highest BCUT2D eigenvalue weighted by Crippen LogP contribution is 2.37. The highest BCUT2D eigenvalue weighted by atomic mass is 28.4. The van der Waals surface area contributed by atoms with Crippen molar-refractivity contribution in [3.63, 3.8) is 0 Å². The van der Waals surface area contributed by atoms with Crippen LogP contribution in [0.2, 0.25) is 18.1 Å². The molecule has 1 aromatic carbocycles. The summed E-state index contributed by atoms with van der Waals surface area (Å²) in [5, 5.41) is 0.125. The molecule has 1 saturated heterocycles. The smallest absolute Gasteiger partial charge is 0.335 e. The monoisotopic (exact) mass is 408 g/mol. The summed E-state index contributed by atoms with van der Waals surface area (Å²) in [7, 11) is -0.497. The summed E-state index contributed by atoms with van der Waals surface area (Å²) in [6.07, 6.45) is -0.204. The van der Waals surface area contributed by atoms with Crippen LogP contribution < -0.4 is 0 Å². The first kappa shape index (κ1) is 23.1. The molecule has 0 spiro atoms. The molecular weight excluding hydrogens is 372 g/mol. The largest absolute Gasteiger partial charge is 0.467 e. The van der Waals surface area contributed by atoms with Crippen LogP contribution in [0.4, 0.5) is 0 Å². The summed E-state index contributed by atoms with van der Waals surface area (Å²) >= 11 is 0. The van der Waals surface area contributed by atoms with Gasteiger partial charge in [-0.3, -0.25) is 0 Å². The first-order chi connectivity index (χ1) is 13.0. The molecule has 0 radical (unpaired) electrons. The highest BCUT2D eigenvalue weighted by molar-refractivity contribution is 6.74. The predicted molar refractivity (Wildman–Crippen MR) is 113 cm³/mol. The Kier molecular flexibility index (Phi) is 7.85. The summed E-state index contributed by atoms with van der Waals surface area (Å²) in [5.41, 5.74) is 1.12. The minimum Gasteiger partial charge on any atom is -0.467 e. The van der Waals surface area contributed by atoms with Crippen LogP contribution in [0.5, 0.6) is 0 Å². The van der Waals surface area contributed by atoms with Gasteiger partial charge in [0.05, 0.1) is 32.5 Å². The van der Waals surface area contributed by atoms with Crippen LogP contribution in [0.15, 0.2) is 30.3 Å². The first-order valence-corrected chi connectivity index (χ1v) is 13.0. The van der Waals surface area contributed by atoms with Crippen LogP contribution >= 0.6 is 0 Å². The highest BCUT2D eigenvalue weighted by Gasteiger charge is 2.43. The number of esters is 1. The van der Waals surface area contributed by atoms with Crippen LogP contribution in [0.1, 0.15) is 39.7 Å². The SMILES string of the molecule is COC(=O)[C@H]1O[C@@H](CO[Si](C)(C)C(C)(C)C)C[C@H](OCc2ccccc2)[C@H]1C. The van der Waals surface area contributed by atoms with E-state index in [2.05, 4.69) is 33.9 Å². The molecule has 1 heterocycles. The van der Waals surface area contributed by atoms with Gasteiger partial charge in [-0.1, -0.05) is 58.0 Å². The van der Waals surface area contributed by atoms with E-state index in [0.717, 1.165) is 5.56 Å². The van der Waals surface area contributed by atoms with Crippen LogP contribution in [-0.2, 0) is 30.0 Å². The van der Waals surface area contributed by atoms with Crippen molar-refractivity contribution in [1.29, 1.82) is 0 Å². The molecule has 0 bridgehead atoms. The van der Waals surface area contributed by atoms with E-state index in [-0.39, 0.29) is 29.1 Å². The van der Waals surface area contributed by atoms with Gasteiger partial charge in [-0.05, 0) is 23.7 Å². The molecule has 158 valence electrons. The molecule has 1 aliphatic rings. The maximum Gasteiger partial charge on any atom is 0.335 e. The van der Waals surface area contributed by atoms with E-state index in [9.17, 15) is 4.79 Å². The van der Waals surface area contributed by atoms with Gasteiger partial charge in [-0.25, -0.2) is 4.79 Å². The fraction of sp³-hybridized carbons (Fsp3) is 0.682. The third-order valence-electron chi connectivity index (χ3n) is 6.07. The molecule has 0 aromatic heterocycles. The zero-order valence-corrected chi connectivity index (χ0v) is 19.4. The van der Waals surface area contributed by atoms with E-state index in [4.69, 9.17) is 18.6 Å². The molecule has 0 saturated carbocycles. The summed E-state index contributed by atoms with van der Waals surface area (Å²) in [4.78, 5) is 12.3. The van der Waals surface area contributed by atoms with Gasteiger partial charge in [-0.2, -0.15) is 0 Å². The van der Waals surface area contributed by atoms with Gasteiger partial charge in [0, 0.05) is 12.3 Å². The van der Waals surface area contributed by atoms with Gasteiger partial charge >= 0.3 is 5.97 Å². The molecule has 0 N–H and O–H groups in total. The van der Waals surface area contributed by atoms with E-state index in [1.165, 1.54) is 7.11 Å². The molecular formula is C22H36O5Si. The van der Waals surface area contributed by atoms with Crippen molar-refractivity contribution in [2.75, 3.05) is 13.7 Å². The van der Waals surface area contributed by atoms with Gasteiger partial charge < -0.3 is 18.6 Å². The van der Waals surface area contributed by atoms with Gasteiger partial charge in [0.25, 0.3) is 0 Å². The second-order valence-corrected chi connectivity index (χ2v) is 14.0. The molecule has 1 aromatic rings. The predicted octanol–water partition coefficient (Wildman–Crippen LogP) is 4.56. The number of hydrogen-bond acceptors (Lipinski definition) is 5. The van der Waals surface area contributed by atoms with Crippen LogP contribution in [0, 0.1) is 5.92 Å². The zero-order chi connectivity index (χ0) is 20.9. The number of carbonyl (C=O) groups excluding carboxylic acids is 1. The summed E-state index contributed by atoms with van der Waals surface area (Å²) < 4.78 is 23.6. The Hall–Kier alpha value is -1.21. The molecule has 1 aliphatic heterocycles. The quantitative estimate of drug-likeness (QED) is 0.489. The molecule has 0 unspecified atom stereocenters. The average Bonchev–Trinajstić information content (AvgIpc) is 2.65. The molecule has 0 amide bonds. The lowest BCUT2D eigenvalue weighted by atomic mass is 9.90. The Morgan fingerprint density at radius 3 is 2.43 bits per heavy atom. The minimum absolute atomic E-state index is 0.0831. The summed E-state index contributed by atoms with van der Waals surface area (Å²) in [6.45, 7) is 14.1. The third-order valence-corrected chi connectivity index (χ3v) is 10.6. The number of ether oxygens (including phenoxy) is 3. The average molecular weight is 409 g/mol. The van der Waals surface area contributed by atoms with E-state index >= 15 is 0 Å². The van der Waals surface area contributed by atoms with Gasteiger partial charge in [0.2, 0.25) is 0 Å². The molecule has 6 heteroatoms. The molecule has 0 aliphatic carbocycles. The lowest BCUT2D eigenvalue weighted by Crippen LogP contribution is -2.51. The molecule has 2 rings (SSSR count). The van der Waals surface area contributed by atoms with E-state index in [1.807, 2.05) is 37.3 Å². The van der Waals surface area contributed by atoms with Crippen molar-refractivity contribution in [3.05, 3.63) is 35.9 Å². The number of hydrogen-bond donors (Lipinski definition) is 0. The first-order valence-electron chi connectivity index (χ1n) is 10.1. The topological polar surface area (TPSA) is 54.0 Å². The van der Waals surface area contributed by atoms with Crippen molar-refractivity contribution in [2.24, 2.45) is 5.92 Å². The summed E-state index contributed by atoms with van der Waals surface area (Å²) in [5.74, 6) is -0.432. The maximum absolute atomic E-state index is 12.3. The lowest BCUT2D eigenvalue weighted by Gasteiger charge is -2.41. The van der Waals surface area contributed by atoms with Crippen LogP contribution in [-0.4, -0.2) is 46.3 Å². The number of rotatable bonds is 7. The van der Waals surface area contributed by atoms with Crippen LogP contribution in [0.3, 0.4) is 0 Å². The van der Waals surface area contributed by atoms with Crippen molar-refractivity contribution in [2.45, 2.75) is 77.2 Å². The van der Waals surface area contributed by atoms with Crippen molar-refractivity contribution < 1.29 is 23.4 Å². The second kappa shape index (κ2) is 9.52. The van der Waals surface area contributed by atoms with E-state index in [1.54, 1.807) is 0 Å². The van der Waals surface area contributed by atoms with Crippen molar-refractivity contribution >= 4 is 14.3 Å². The van der Waals surface area contributed by atoms with E-state index in [0.29, 0.717) is 19.6 Å². The van der Waals surface area contributed by atoms with Crippen molar-refractivity contribution in [3.8, 4) is 0 Å². The fourth-order valence-corrected chi connectivity index (χ4v) is 4.10. The van der Waals surface area contributed by atoms with Gasteiger partial charge in [-0.15, -0.1) is 0 Å². The Bertz CT molecular complexity index is 626. The zero-order valence-electron chi connectivity index (χ0n) is 18.4. The Labute approximate surface area is 170 Å².